The molecular weight excluding hydrogens is 385 g/mol. The fraction of sp³-hybridized carbons (Fsp3) is 0.105. The van der Waals surface area contributed by atoms with E-state index in [0.29, 0.717) is 10.8 Å². The minimum Gasteiger partial charge on any atom is -0.505 e. The van der Waals surface area contributed by atoms with E-state index in [1.165, 1.54) is 29.1 Å². The van der Waals surface area contributed by atoms with Crippen LogP contribution < -0.4 is 4.72 Å². The molecule has 144 valence electrons. The van der Waals surface area contributed by atoms with Crippen LogP contribution in [0.1, 0.15) is 5.56 Å². The standard InChI is InChI=1S/C19H16FN3O4S/c1-28(26,27)22-16-13-3-2-8-21-17(13)18(24)15-14(16)10-23(19(15)25)9-11-4-6-12(20)7-5-11/h2-8,10,22,24-25H,9H2,1H3. The number of aromatic nitrogens is 2. The number of pyridine rings is 1. The molecule has 0 amide bonds. The van der Waals surface area contributed by atoms with E-state index in [-0.39, 0.29) is 40.6 Å². The van der Waals surface area contributed by atoms with Crippen LogP contribution in [-0.4, -0.2) is 34.4 Å². The number of nitrogens with one attached hydrogen (secondary N) is 1. The smallest absolute Gasteiger partial charge is 0.229 e. The molecule has 2 heterocycles. The molecule has 0 unspecified atom stereocenters. The number of halogens is 1. The number of fused-ring (bicyclic) bond motifs is 2. The van der Waals surface area contributed by atoms with E-state index in [4.69, 9.17) is 0 Å². The zero-order valence-electron chi connectivity index (χ0n) is 14.7. The Bertz CT molecular complexity index is 1320. The summed E-state index contributed by atoms with van der Waals surface area (Å²) < 4.78 is 40.8. The molecule has 7 nitrogen and oxygen atoms in total. The molecular formula is C19H16FN3O4S. The van der Waals surface area contributed by atoms with E-state index in [9.17, 15) is 23.0 Å². The number of hydrogen-bond acceptors (Lipinski definition) is 5. The van der Waals surface area contributed by atoms with Gasteiger partial charge >= 0.3 is 0 Å². The number of phenolic OH excluding ortho intramolecular Hbond substituents is 1. The van der Waals surface area contributed by atoms with Gasteiger partial charge in [0.25, 0.3) is 0 Å². The highest BCUT2D eigenvalue weighted by atomic mass is 32.2. The average molecular weight is 401 g/mol. The molecule has 4 rings (SSSR count). The molecule has 0 atom stereocenters. The van der Waals surface area contributed by atoms with Crippen LogP contribution in [0.15, 0.2) is 48.8 Å². The molecule has 2 aromatic carbocycles. The van der Waals surface area contributed by atoms with Crippen LogP contribution >= 0.6 is 0 Å². The second-order valence-corrected chi connectivity index (χ2v) is 8.24. The lowest BCUT2D eigenvalue weighted by atomic mass is 10.1. The number of benzene rings is 2. The molecule has 4 aromatic rings. The van der Waals surface area contributed by atoms with Gasteiger partial charge in [-0.05, 0) is 29.8 Å². The number of sulfonamides is 1. The Morgan fingerprint density at radius 1 is 1.14 bits per heavy atom. The first kappa shape index (κ1) is 18.1. The maximum Gasteiger partial charge on any atom is 0.229 e. The largest absolute Gasteiger partial charge is 0.505 e. The fourth-order valence-electron chi connectivity index (χ4n) is 3.23. The number of phenols is 1. The summed E-state index contributed by atoms with van der Waals surface area (Å²) in [5.41, 5.74) is 1.10. The van der Waals surface area contributed by atoms with Crippen LogP contribution in [0, 0.1) is 5.82 Å². The van der Waals surface area contributed by atoms with Gasteiger partial charge in [-0.2, -0.15) is 0 Å². The Morgan fingerprint density at radius 3 is 2.54 bits per heavy atom. The summed E-state index contributed by atoms with van der Waals surface area (Å²) in [6, 6.07) is 9.02. The van der Waals surface area contributed by atoms with Gasteiger partial charge in [-0.15, -0.1) is 0 Å². The minimum absolute atomic E-state index is 0.0828. The lowest BCUT2D eigenvalue weighted by molar-refractivity contribution is 0.425. The first-order valence-corrected chi connectivity index (χ1v) is 10.2. The highest BCUT2D eigenvalue weighted by Crippen LogP contribution is 2.45. The summed E-state index contributed by atoms with van der Waals surface area (Å²) in [4.78, 5) is 4.12. The molecule has 0 aliphatic rings. The summed E-state index contributed by atoms with van der Waals surface area (Å²) in [6.45, 7) is 0.197. The van der Waals surface area contributed by atoms with E-state index in [1.54, 1.807) is 24.3 Å². The molecule has 9 heteroatoms. The maximum absolute atomic E-state index is 13.1. The van der Waals surface area contributed by atoms with Crippen molar-refractivity contribution in [3.8, 4) is 11.6 Å². The molecule has 0 bridgehead atoms. The number of hydrogen-bond donors (Lipinski definition) is 3. The quantitative estimate of drug-likeness (QED) is 0.456. The molecule has 0 spiro atoms. The summed E-state index contributed by atoms with van der Waals surface area (Å²) in [6.07, 6.45) is 4.02. The van der Waals surface area contributed by atoms with E-state index in [0.717, 1.165) is 11.8 Å². The van der Waals surface area contributed by atoms with Crippen molar-refractivity contribution in [2.45, 2.75) is 6.54 Å². The SMILES string of the molecule is CS(=O)(=O)Nc1c2cccnc2c(O)c2c(O)n(Cc3ccc(F)cc3)cc12. The van der Waals surface area contributed by atoms with Crippen molar-refractivity contribution < 1.29 is 23.0 Å². The second-order valence-electron chi connectivity index (χ2n) is 6.49. The van der Waals surface area contributed by atoms with Crippen LogP contribution in [0.25, 0.3) is 21.7 Å². The minimum atomic E-state index is -3.63. The Balaban J connectivity index is 1.99. The van der Waals surface area contributed by atoms with Crippen LogP contribution in [0.5, 0.6) is 11.6 Å². The number of anilines is 1. The van der Waals surface area contributed by atoms with Gasteiger partial charge < -0.3 is 14.8 Å². The van der Waals surface area contributed by atoms with Gasteiger partial charge in [0.1, 0.15) is 11.3 Å². The van der Waals surface area contributed by atoms with Gasteiger partial charge in [-0.25, -0.2) is 12.8 Å². The van der Waals surface area contributed by atoms with Crippen molar-refractivity contribution in [1.82, 2.24) is 9.55 Å². The maximum atomic E-state index is 13.1. The van der Waals surface area contributed by atoms with Gasteiger partial charge in [0.05, 0.1) is 23.9 Å². The van der Waals surface area contributed by atoms with Crippen molar-refractivity contribution >= 4 is 37.4 Å². The zero-order valence-corrected chi connectivity index (χ0v) is 15.5. The summed E-state index contributed by atoms with van der Waals surface area (Å²) >= 11 is 0. The third-order valence-corrected chi connectivity index (χ3v) is 4.99. The second kappa shape index (κ2) is 6.38. The summed E-state index contributed by atoms with van der Waals surface area (Å²) in [5, 5.41) is 22.2. The Kier molecular flexibility index (Phi) is 4.11. The zero-order chi connectivity index (χ0) is 20.1. The summed E-state index contributed by atoms with van der Waals surface area (Å²) in [5.74, 6) is -0.874. The average Bonchev–Trinajstić information content (AvgIpc) is 2.96. The van der Waals surface area contributed by atoms with E-state index >= 15 is 0 Å². The molecule has 0 radical (unpaired) electrons. The molecule has 2 aromatic heterocycles. The molecule has 0 aliphatic heterocycles. The van der Waals surface area contributed by atoms with Crippen LogP contribution in [0.4, 0.5) is 10.1 Å². The first-order chi connectivity index (χ1) is 13.2. The van der Waals surface area contributed by atoms with Gasteiger partial charge in [-0.1, -0.05) is 12.1 Å². The summed E-state index contributed by atoms with van der Waals surface area (Å²) in [7, 11) is -3.63. The predicted molar refractivity (Wildman–Crippen MR) is 105 cm³/mol. The fourth-order valence-corrected chi connectivity index (χ4v) is 3.82. The topological polar surface area (TPSA) is 104 Å². The highest BCUT2D eigenvalue weighted by molar-refractivity contribution is 7.92. The molecule has 0 fully saturated rings. The lowest BCUT2D eigenvalue weighted by Gasteiger charge is -2.11. The molecule has 0 saturated carbocycles. The van der Waals surface area contributed by atoms with Gasteiger partial charge in [0, 0.05) is 23.2 Å². The van der Waals surface area contributed by atoms with E-state index < -0.39 is 10.0 Å². The third kappa shape index (κ3) is 3.09. The highest BCUT2D eigenvalue weighted by Gasteiger charge is 2.22. The van der Waals surface area contributed by atoms with Gasteiger partial charge in [0.2, 0.25) is 15.9 Å². The number of nitrogens with zero attached hydrogens (tertiary/aromatic N) is 2. The van der Waals surface area contributed by atoms with Crippen LogP contribution in [0.2, 0.25) is 0 Å². The Hall–Kier alpha value is -3.33. The molecule has 0 aliphatic carbocycles. The van der Waals surface area contributed by atoms with Crippen molar-refractivity contribution in [2.75, 3.05) is 11.0 Å². The molecule has 3 N–H and O–H groups in total. The van der Waals surface area contributed by atoms with Crippen LogP contribution in [0.3, 0.4) is 0 Å². The van der Waals surface area contributed by atoms with Gasteiger partial charge in [-0.3, -0.25) is 9.71 Å². The number of rotatable bonds is 4. The van der Waals surface area contributed by atoms with E-state index in [2.05, 4.69) is 9.71 Å². The third-order valence-electron chi connectivity index (χ3n) is 4.41. The van der Waals surface area contributed by atoms with Crippen molar-refractivity contribution in [2.24, 2.45) is 0 Å². The monoisotopic (exact) mass is 401 g/mol. The van der Waals surface area contributed by atoms with Crippen molar-refractivity contribution in [3.05, 3.63) is 60.2 Å². The van der Waals surface area contributed by atoms with Crippen molar-refractivity contribution in [3.63, 3.8) is 0 Å². The van der Waals surface area contributed by atoms with Gasteiger partial charge in [0.15, 0.2) is 5.75 Å². The lowest BCUT2D eigenvalue weighted by Crippen LogP contribution is -2.10. The molecule has 28 heavy (non-hydrogen) atoms. The van der Waals surface area contributed by atoms with Crippen molar-refractivity contribution in [1.29, 1.82) is 0 Å². The van der Waals surface area contributed by atoms with E-state index in [1.807, 2.05) is 0 Å². The molecule has 0 saturated heterocycles. The predicted octanol–water partition coefficient (Wildman–Crippen LogP) is 3.16. The Labute approximate surface area is 159 Å². The first-order valence-electron chi connectivity index (χ1n) is 8.28. The normalized spacial score (nSPS) is 11.9. The van der Waals surface area contributed by atoms with Crippen LogP contribution in [-0.2, 0) is 16.6 Å². The Morgan fingerprint density at radius 2 is 1.86 bits per heavy atom. The number of aromatic hydroxyl groups is 2.